The number of para-hydroxylation sites is 1. The fourth-order valence-corrected chi connectivity index (χ4v) is 4.09. The molecule has 5 rings (SSSR count). The molecule has 3 aromatic carbocycles. The Balaban J connectivity index is 1.67. The largest absolute Gasteiger partial charge is 0.361 e. The Morgan fingerprint density at radius 1 is 0.812 bits per heavy atom. The maximum Gasteiger partial charge on any atom is 0.158 e. The maximum atomic E-state index is 5.72. The second kappa shape index (κ2) is 9.20. The van der Waals surface area contributed by atoms with Crippen LogP contribution in [0.25, 0.3) is 21.9 Å². The van der Waals surface area contributed by atoms with Gasteiger partial charge in [-0.05, 0) is 24.1 Å². The number of nitrogens with zero attached hydrogens (tertiary/aromatic N) is 4. The molecule has 0 saturated carbocycles. The zero-order valence-corrected chi connectivity index (χ0v) is 18.2. The van der Waals surface area contributed by atoms with Crippen molar-refractivity contribution in [2.75, 3.05) is 11.5 Å². The molecule has 0 radical (unpaired) electrons. The molecule has 0 aliphatic heterocycles. The minimum atomic E-state index is 0.470. The Kier molecular flexibility index (Phi) is 5.81. The van der Waals surface area contributed by atoms with Crippen molar-refractivity contribution in [2.24, 2.45) is 0 Å². The van der Waals surface area contributed by atoms with Crippen molar-refractivity contribution in [1.29, 1.82) is 0 Å². The highest BCUT2D eigenvalue weighted by molar-refractivity contribution is 6.06. The van der Waals surface area contributed by atoms with Gasteiger partial charge in [-0.15, -0.1) is 0 Å². The van der Waals surface area contributed by atoms with Crippen molar-refractivity contribution in [3.63, 3.8) is 0 Å². The predicted octanol–water partition coefficient (Wildman–Crippen LogP) is 5.79. The first-order valence-corrected chi connectivity index (χ1v) is 11.0. The lowest BCUT2D eigenvalue weighted by molar-refractivity contribution is 0.0906. The van der Waals surface area contributed by atoms with Crippen LogP contribution in [0.2, 0.25) is 0 Å². The summed E-state index contributed by atoms with van der Waals surface area (Å²) in [5.74, 6) is 0.890. The van der Waals surface area contributed by atoms with E-state index < -0.39 is 0 Å². The zero-order chi connectivity index (χ0) is 21.8. The first-order chi connectivity index (χ1) is 15.8. The van der Waals surface area contributed by atoms with Gasteiger partial charge < -0.3 is 14.2 Å². The third-order valence-corrected chi connectivity index (χ3v) is 5.60. The highest BCUT2D eigenvalue weighted by Gasteiger charge is 2.19. The Morgan fingerprint density at radius 2 is 1.44 bits per heavy atom. The van der Waals surface area contributed by atoms with Gasteiger partial charge in [-0.2, -0.15) is 0 Å². The highest BCUT2D eigenvalue weighted by atomic mass is 16.5. The Morgan fingerprint density at radius 3 is 2.09 bits per heavy atom. The number of hydrogen-bond donors (Lipinski definition) is 0. The quantitative estimate of drug-likeness (QED) is 0.318. The van der Waals surface area contributed by atoms with Crippen molar-refractivity contribution in [2.45, 2.75) is 26.7 Å². The number of rotatable bonds is 8. The molecule has 0 spiro atoms. The van der Waals surface area contributed by atoms with E-state index in [1.807, 2.05) is 37.5 Å². The van der Waals surface area contributed by atoms with Gasteiger partial charge in [0, 0.05) is 25.1 Å². The van der Waals surface area contributed by atoms with Gasteiger partial charge in [-0.3, -0.25) is 0 Å². The van der Waals surface area contributed by atoms with Crippen LogP contribution in [0, 0.1) is 0 Å². The molecule has 0 N–H and O–H groups in total. The SMILES string of the molecule is CCOCn1cnc2c(N(Cc3ccccc3)Cc3ccccc3)nc3ccccc3c21. The minimum Gasteiger partial charge on any atom is -0.361 e. The van der Waals surface area contributed by atoms with Crippen LogP contribution in [0.5, 0.6) is 0 Å². The van der Waals surface area contributed by atoms with E-state index in [2.05, 4.69) is 70.1 Å². The van der Waals surface area contributed by atoms with E-state index >= 15 is 0 Å². The second-order valence-electron chi connectivity index (χ2n) is 7.81. The molecule has 160 valence electrons. The molecule has 5 nitrogen and oxygen atoms in total. The lowest BCUT2D eigenvalue weighted by atomic mass is 10.1. The number of aromatic nitrogens is 3. The van der Waals surface area contributed by atoms with E-state index in [0.29, 0.717) is 13.3 Å². The molecule has 0 fully saturated rings. The molecule has 2 aromatic heterocycles. The summed E-state index contributed by atoms with van der Waals surface area (Å²) in [6.45, 7) is 4.62. The van der Waals surface area contributed by atoms with Crippen LogP contribution in [-0.2, 0) is 24.6 Å². The summed E-state index contributed by atoms with van der Waals surface area (Å²) in [4.78, 5) is 12.2. The van der Waals surface area contributed by atoms with Crippen molar-refractivity contribution in [1.82, 2.24) is 14.5 Å². The van der Waals surface area contributed by atoms with Crippen LogP contribution >= 0.6 is 0 Å². The summed E-state index contributed by atoms with van der Waals surface area (Å²) in [5, 5.41) is 1.09. The zero-order valence-electron chi connectivity index (χ0n) is 18.2. The van der Waals surface area contributed by atoms with Gasteiger partial charge >= 0.3 is 0 Å². The Labute approximate surface area is 187 Å². The van der Waals surface area contributed by atoms with Gasteiger partial charge in [0.25, 0.3) is 0 Å². The number of fused-ring (bicyclic) bond motifs is 3. The van der Waals surface area contributed by atoms with Gasteiger partial charge in [0.1, 0.15) is 12.2 Å². The number of benzene rings is 3. The van der Waals surface area contributed by atoms with E-state index in [0.717, 1.165) is 40.8 Å². The number of hydrogen-bond acceptors (Lipinski definition) is 4. The molecular formula is C27H26N4O. The van der Waals surface area contributed by atoms with Gasteiger partial charge in [-0.1, -0.05) is 78.9 Å². The number of imidazole rings is 1. The van der Waals surface area contributed by atoms with Crippen molar-refractivity contribution in [3.05, 3.63) is 102 Å². The Hall–Kier alpha value is -3.70. The van der Waals surface area contributed by atoms with Gasteiger partial charge in [-0.25, -0.2) is 9.97 Å². The summed E-state index contributed by atoms with van der Waals surface area (Å²) in [7, 11) is 0. The highest BCUT2D eigenvalue weighted by Crippen LogP contribution is 2.32. The second-order valence-corrected chi connectivity index (χ2v) is 7.81. The molecule has 0 aliphatic rings. The molecule has 2 heterocycles. The van der Waals surface area contributed by atoms with Crippen LogP contribution in [-0.4, -0.2) is 21.1 Å². The molecule has 0 atom stereocenters. The van der Waals surface area contributed by atoms with Crippen LogP contribution in [0.3, 0.4) is 0 Å². The van der Waals surface area contributed by atoms with Gasteiger partial charge in [0.2, 0.25) is 0 Å². The third kappa shape index (κ3) is 4.07. The van der Waals surface area contributed by atoms with Crippen LogP contribution in [0.15, 0.2) is 91.3 Å². The summed E-state index contributed by atoms with van der Waals surface area (Å²) in [5.41, 5.74) is 5.39. The maximum absolute atomic E-state index is 5.72. The smallest absolute Gasteiger partial charge is 0.158 e. The Bertz CT molecular complexity index is 1270. The monoisotopic (exact) mass is 422 g/mol. The summed E-state index contributed by atoms with van der Waals surface area (Å²) in [6, 6.07) is 29.3. The van der Waals surface area contributed by atoms with Gasteiger partial charge in [0.15, 0.2) is 5.82 Å². The van der Waals surface area contributed by atoms with E-state index in [4.69, 9.17) is 14.7 Å². The average Bonchev–Trinajstić information content (AvgIpc) is 3.27. The molecule has 0 amide bonds. The van der Waals surface area contributed by atoms with E-state index in [-0.39, 0.29) is 0 Å². The van der Waals surface area contributed by atoms with Crippen molar-refractivity contribution < 1.29 is 4.74 Å². The summed E-state index contributed by atoms with van der Waals surface area (Å²) >= 11 is 0. The molecule has 0 saturated heterocycles. The van der Waals surface area contributed by atoms with Crippen molar-refractivity contribution >= 4 is 27.8 Å². The molecule has 5 heteroatoms. The van der Waals surface area contributed by atoms with E-state index in [1.165, 1.54) is 11.1 Å². The third-order valence-electron chi connectivity index (χ3n) is 5.60. The number of anilines is 1. The topological polar surface area (TPSA) is 43.2 Å². The molecule has 5 aromatic rings. The van der Waals surface area contributed by atoms with Crippen LogP contribution in [0.4, 0.5) is 5.82 Å². The average molecular weight is 423 g/mol. The minimum absolute atomic E-state index is 0.470. The number of ether oxygens (including phenoxy) is 1. The van der Waals surface area contributed by atoms with E-state index in [9.17, 15) is 0 Å². The lowest BCUT2D eigenvalue weighted by Crippen LogP contribution is -2.23. The summed E-state index contributed by atoms with van der Waals surface area (Å²) < 4.78 is 7.79. The van der Waals surface area contributed by atoms with Crippen LogP contribution < -0.4 is 4.90 Å². The fraction of sp³-hybridized carbons (Fsp3) is 0.185. The standard InChI is InChI=1S/C27H26N4O/c1-2-32-20-31-19-28-25-26(31)23-15-9-10-16-24(23)29-27(25)30(17-21-11-5-3-6-12-21)18-22-13-7-4-8-14-22/h3-16,19H,2,17-18,20H2,1H3. The fourth-order valence-electron chi connectivity index (χ4n) is 4.09. The molecule has 0 unspecified atom stereocenters. The molecule has 0 aliphatic carbocycles. The van der Waals surface area contributed by atoms with E-state index in [1.54, 1.807) is 0 Å². The lowest BCUT2D eigenvalue weighted by Gasteiger charge is -2.25. The van der Waals surface area contributed by atoms with Gasteiger partial charge in [0.05, 0.1) is 17.4 Å². The van der Waals surface area contributed by atoms with Crippen LogP contribution in [0.1, 0.15) is 18.1 Å². The first kappa shape index (κ1) is 20.2. The van der Waals surface area contributed by atoms with Crippen molar-refractivity contribution in [3.8, 4) is 0 Å². The first-order valence-electron chi connectivity index (χ1n) is 11.0. The predicted molar refractivity (Wildman–Crippen MR) is 129 cm³/mol. The molecule has 0 bridgehead atoms. The normalized spacial score (nSPS) is 11.3. The molecule has 32 heavy (non-hydrogen) atoms. The summed E-state index contributed by atoms with van der Waals surface area (Å²) in [6.07, 6.45) is 1.86. The molecular weight excluding hydrogens is 396 g/mol. The number of pyridine rings is 1.